The topological polar surface area (TPSA) is 58.6 Å². The van der Waals surface area contributed by atoms with Gasteiger partial charge in [0.15, 0.2) is 0 Å². The summed E-state index contributed by atoms with van der Waals surface area (Å²) in [5, 5.41) is 0.952. The van der Waals surface area contributed by atoms with Gasteiger partial charge in [-0.25, -0.2) is 15.2 Å². The Bertz CT molecular complexity index is 464. The standard InChI is InChI=1S/C11H10Cl4N2O3/c12-6-9(18)17(8-4-2-1-3-5-8)16-10(19)20-7-11(13,14)15/h1-5H,6-7H2,(H,16,19). The molecule has 0 unspecified atom stereocenters. The highest BCUT2D eigenvalue weighted by atomic mass is 35.6. The summed E-state index contributed by atoms with van der Waals surface area (Å²) in [4.78, 5) is 23.2. The van der Waals surface area contributed by atoms with Crippen molar-refractivity contribution in [3.63, 3.8) is 0 Å². The molecule has 0 saturated heterocycles. The Morgan fingerprint density at radius 2 is 1.80 bits per heavy atom. The second kappa shape index (κ2) is 7.78. The number of nitrogens with zero attached hydrogens (tertiary/aromatic N) is 1. The Morgan fingerprint density at radius 1 is 1.20 bits per heavy atom. The fourth-order valence-corrected chi connectivity index (χ4v) is 1.46. The van der Waals surface area contributed by atoms with Gasteiger partial charge >= 0.3 is 6.09 Å². The molecule has 110 valence electrons. The number of hydrogen-bond acceptors (Lipinski definition) is 3. The average Bonchev–Trinajstić information content (AvgIpc) is 2.42. The van der Waals surface area contributed by atoms with Crippen LogP contribution < -0.4 is 10.4 Å². The van der Waals surface area contributed by atoms with Crippen molar-refractivity contribution in [2.24, 2.45) is 0 Å². The third kappa shape index (κ3) is 6.05. The summed E-state index contributed by atoms with van der Waals surface area (Å²) in [5.41, 5.74) is 2.64. The van der Waals surface area contributed by atoms with Crippen LogP contribution in [0.1, 0.15) is 0 Å². The molecule has 0 aliphatic rings. The minimum atomic E-state index is -1.73. The zero-order valence-corrected chi connectivity index (χ0v) is 13.0. The second-order valence-corrected chi connectivity index (χ2v) is 6.28. The van der Waals surface area contributed by atoms with Gasteiger partial charge in [0.2, 0.25) is 3.79 Å². The zero-order valence-electron chi connectivity index (χ0n) is 9.98. The van der Waals surface area contributed by atoms with Crippen LogP contribution in [-0.4, -0.2) is 28.3 Å². The predicted molar refractivity (Wildman–Crippen MR) is 79.4 cm³/mol. The highest BCUT2D eigenvalue weighted by Gasteiger charge is 2.24. The molecule has 1 aromatic rings. The van der Waals surface area contributed by atoms with Gasteiger partial charge in [-0.05, 0) is 12.1 Å². The molecule has 1 aromatic carbocycles. The number of carbonyl (C=O) groups is 2. The molecule has 2 amide bonds. The van der Waals surface area contributed by atoms with E-state index in [-0.39, 0.29) is 5.88 Å². The zero-order chi connectivity index (χ0) is 15.2. The molecule has 1 rings (SSSR count). The normalized spacial score (nSPS) is 10.8. The van der Waals surface area contributed by atoms with Crippen molar-refractivity contribution in [3.8, 4) is 0 Å². The maximum absolute atomic E-state index is 11.7. The molecule has 9 heteroatoms. The fraction of sp³-hybridized carbons (Fsp3) is 0.273. The molecule has 0 bridgehead atoms. The largest absolute Gasteiger partial charge is 0.444 e. The number of ether oxygens (including phenoxy) is 1. The van der Waals surface area contributed by atoms with Crippen molar-refractivity contribution < 1.29 is 14.3 Å². The summed E-state index contributed by atoms with van der Waals surface area (Å²) in [7, 11) is 0. The smallest absolute Gasteiger partial charge is 0.426 e. The van der Waals surface area contributed by atoms with E-state index in [1.165, 1.54) is 0 Å². The van der Waals surface area contributed by atoms with Crippen molar-refractivity contribution >= 4 is 64.1 Å². The van der Waals surface area contributed by atoms with Crippen LogP contribution >= 0.6 is 46.4 Å². The lowest BCUT2D eigenvalue weighted by atomic mass is 10.3. The first-order chi connectivity index (χ1) is 9.33. The number of benzene rings is 1. The van der Waals surface area contributed by atoms with Crippen molar-refractivity contribution in [2.45, 2.75) is 3.79 Å². The molecule has 0 radical (unpaired) electrons. The molecule has 1 N–H and O–H groups in total. The van der Waals surface area contributed by atoms with Gasteiger partial charge in [-0.15, -0.1) is 11.6 Å². The lowest BCUT2D eigenvalue weighted by molar-refractivity contribution is -0.116. The lowest BCUT2D eigenvalue weighted by Gasteiger charge is -2.22. The molecule has 20 heavy (non-hydrogen) atoms. The van der Waals surface area contributed by atoms with Crippen molar-refractivity contribution in [3.05, 3.63) is 30.3 Å². The summed E-state index contributed by atoms with van der Waals surface area (Å²) in [6, 6.07) is 8.36. The average molecular weight is 360 g/mol. The minimum absolute atomic E-state index is 0.320. The number of carbonyl (C=O) groups excluding carboxylic acids is 2. The Hall–Kier alpha value is -0.880. The number of para-hydroxylation sites is 1. The van der Waals surface area contributed by atoms with Crippen LogP contribution in [0.4, 0.5) is 10.5 Å². The first-order valence-electron chi connectivity index (χ1n) is 5.27. The summed E-state index contributed by atoms with van der Waals surface area (Å²) < 4.78 is 2.94. The highest BCUT2D eigenvalue weighted by Crippen LogP contribution is 2.25. The van der Waals surface area contributed by atoms with E-state index < -0.39 is 22.4 Å². The van der Waals surface area contributed by atoms with Crippen molar-refractivity contribution in [1.29, 1.82) is 0 Å². The number of hydrazine groups is 1. The summed E-state index contributed by atoms with van der Waals surface area (Å²) in [5.74, 6) is -0.858. The third-order valence-electron chi connectivity index (χ3n) is 1.95. The molecule has 0 aromatic heterocycles. The molecule has 0 saturated carbocycles. The lowest BCUT2D eigenvalue weighted by Crippen LogP contribution is -2.47. The number of hydrogen-bond donors (Lipinski definition) is 1. The summed E-state index contributed by atoms with van der Waals surface area (Å²) in [6.45, 7) is -0.457. The Kier molecular flexibility index (Phi) is 6.68. The molecule has 5 nitrogen and oxygen atoms in total. The van der Waals surface area contributed by atoms with Crippen molar-refractivity contribution in [1.82, 2.24) is 5.43 Å². The van der Waals surface area contributed by atoms with E-state index in [0.29, 0.717) is 5.69 Å². The maximum Gasteiger partial charge on any atom is 0.426 e. The van der Waals surface area contributed by atoms with Crippen LogP contribution in [-0.2, 0) is 9.53 Å². The van der Waals surface area contributed by atoms with Crippen LogP contribution in [0.2, 0.25) is 0 Å². The Morgan fingerprint density at radius 3 is 2.30 bits per heavy atom. The monoisotopic (exact) mass is 358 g/mol. The third-order valence-corrected chi connectivity index (χ3v) is 2.50. The number of amides is 2. The van der Waals surface area contributed by atoms with Gasteiger partial charge in [0.05, 0.1) is 5.69 Å². The Labute approximate surface area is 135 Å². The molecule has 0 fully saturated rings. The molecule has 0 aliphatic heterocycles. The highest BCUT2D eigenvalue weighted by molar-refractivity contribution is 6.67. The van der Waals surface area contributed by atoms with Gasteiger partial charge in [0, 0.05) is 0 Å². The molecular formula is C11H10Cl4N2O3. The number of anilines is 1. The van der Waals surface area contributed by atoms with Gasteiger partial charge in [-0.1, -0.05) is 53.0 Å². The molecule has 0 atom stereocenters. The number of halogens is 4. The number of rotatable bonds is 3. The van der Waals surface area contributed by atoms with E-state index in [2.05, 4.69) is 10.2 Å². The van der Waals surface area contributed by atoms with Gasteiger partial charge in [0.1, 0.15) is 12.5 Å². The summed E-state index contributed by atoms with van der Waals surface area (Å²) in [6.07, 6.45) is -0.946. The van der Waals surface area contributed by atoms with Crippen molar-refractivity contribution in [2.75, 3.05) is 17.5 Å². The van der Waals surface area contributed by atoms with Crippen LogP contribution in [0.15, 0.2) is 30.3 Å². The molecule has 0 aliphatic carbocycles. The predicted octanol–water partition coefficient (Wildman–Crippen LogP) is 3.27. The minimum Gasteiger partial charge on any atom is -0.444 e. The van der Waals surface area contributed by atoms with Gasteiger partial charge in [0.25, 0.3) is 5.91 Å². The van der Waals surface area contributed by atoms with Crippen LogP contribution in [0.5, 0.6) is 0 Å². The maximum atomic E-state index is 11.7. The quantitative estimate of drug-likeness (QED) is 0.665. The van der Waals surface area contributed by atoms with Crippen LogP contribution in [0.3, 0.4) is 0 Å². The van der Waals surface area contributed by atoms with E-state index in [9.17, 15) is 9.59 Å². The first-order valence-corrected chi connectivity index (χ1v) is 6.94. The summed E-state index contributed by atoms with van der Waals surface area (Å²) >= 11 is 21.8. The van der Waals surface area contributed by atoms with E-state index in [1.807, 2.05) is 0 Å². The molecule has 0 heterocycles. The molecular weight excluding hydrogens is 350 g/mol. The van der Waals surface area contributed by atoms with E-state index in [1.54, 1.807) is 30.3 Å². The van der Waals surface area contributed by atoms with Crippen LogP contribution in [0.25, 0.3) is 0 Å². The fourth-order valence-electron chi connectivity index (χ4n) is 1.18. The van der Waals surface area contributed by atoms with E-state index >= 15 is 0 Å². The number of alkyl halides is 4. The van der Waals surface area contributed by atoms with Gasteiger partial charge in [-0.2, -0.15) is 0 Å². The van der Waals surface area contributed by atoms with Gasteiger partial charge < -0.3 is 4.74 Å². The first kappa shape index (κ1) is 17.2. The van der Waals surface area contributed by atoms with Gasteiger partial charge in [-0.3, -0.25) is 4.79 Å². The van der Waals surface area contributed by atoms with E-state index in [4.69, 9.17) is 46.4 Å². The number of nitrogens with one attached hydrogen (secondary N) is 1. The Balaban J connectivity index is 2.72. The SMILES string of the molecule is O=C(NN(C(=O)CCl)c1ccccc1)OCC(Cl)(Cl)Cl. The second-order valence-electron chi connectivity index (χ2n) is 3.50. The van der Waals surface area contributed by atoms with E-state index in [0.717, 1.165) is 5.01 Å². The molecule has 0 spiro atoms. The van der Waals surface area contributed by atoms with Crippen LogP contribution in [0, 0.1) is 0 Å².